The molecule has 0 aliphatic carbocycles. The van der Waals surface area contributed by atoms with Crippen LogP contribution in [-0.4, -0.2) is 46.6 Å². The zero-order valence-corrected chi connectivity index (χ0v) is 14.7. The maximum Gasteiger partial charge on any atom is 0.312 e. The van der Waals surface area contributed by atoms with Gasteiger partial charge in [0.25, 0.3) is 5.91 Å². The number of benzene rings is 1. The molecular weight excluding hydrogens is 332 g/mol. The largest absolute Gasteiger partial charge is 0.493 e. The fourth-order valence-electron chi connectivity index (χ4n) is 4.12. The Morgan fingerprint density at radius 3 is 2.85 bits per heavy atom. The van der Waals surface area contributed by atoms with Gasteiger partial charge in [-0.2, -0.15) is 0 Å². The molecule has 2 atom stereocenters. The van der Waals surface area contributed by atoms with Crippen molar-refractivity contribution in [3.8, 4) is 5.75 Å². The number of carbonyl (C=O) groups is 2. The summed E-state index contributed by atoms with van der Waals surface area (Å²) in [6.45, 7) is 2.91. The maximum absolute atomic E-state index is 12.9. The number of rotatable bonds is 3. The number of amides is 1. The summed E-state index contributed by atoms with van der Waals surface area (Å²) in [6.07, 6.45) is 1.19. The van der Waals surface area contributed by atoms with E-state index >= 15 is 0 Å². The van der Waals surface area contributed by atoms with E-state index in [4.69, 9.17) is 4.74 Å². The molecule has 2 aliphatic rings. The highest BCUT2D eigenvalue weighted by Crippen LogP contribution is 2.44. The molecular formula is C20H22N2O4. The highest BCUT2D eigenvalue weighted by molar-refractivity contribution is 5.93. The molecule has 0 radical (unpaired) electrons. The summed E-state index contributed by atoms with van der Waals surface area (Å²) < 4.78 is 5.88. The first-order valence-corrected chi connectivity index (χ1v) is 8.95. The van der Waals surface area contributed by atoms with Gasteiger partial charge in [0.2, 0.25) is 0 Å². The van der Waals surface area contributed by atoms with Gasteiger partial charge in [-0.05, 0) is 36.6 Å². The van der Waals surface area contributed by atoms with Gasteiger partial charge >= 0.3 is 5.97 Å². The lowest BCUT2D eigenvalue weighted by atomic mass is 9.74. The minimum Gasteiger partial charge on any atom is -0.493 e. The lowest BCUT2D eigenvalue weighted by molar-refractivity contribution is -0.150. The first-order valence-electron chi connectivity index (χ1n) is 8.95. The van der Waals surface area contributed by atoms with Gasteiger partial charge in [-0.1, -0.05) is 25.1 Å². The highest BCUT2D eigenvalue weighted by Gasteiger charge is 2.55. The van der Waals surface area contributed by atoms with Gasteiger partial charge in [0.15, 0.2) is 0 Å². The number of carbonyl (C=O) groups excluding carboxylic acids is 1. The van der Waals surface area contributed by atoms with E-state index in [1.165, 1.54) is 0 Å². The Balaban J connectivity index is 1.64. The molecule has 1 saturated heterocycles. The van der Waals surface area contributed by atoms with Crippen molar-refractivity contribution in [1.29, 1.82) is 0 Å². The predicted octanol–water partition coefficient (Wildman–Crippen LogP) is 2.36. The van der Waals surface area contributed by atoms with Crippen molar-refractivity contribution in [2.45, 2.75) is 19.8 Å². The quantitative estimate of drug-likeness (QED) is 0.886. The Morgan fingerprint density at radius 1 is 1.31 bits per heavy atom. The molecule has 136 valence electrons. The number of hydrogen-bond acceptors (Lipinski definition) is 3. The van der Waals surface area contributed by atoms with E-state index in [9.17, 15) is 14.7 Å². The Morgan fingerprint density at radius 2 is 2.12 bits per heavy atom. The zero-order valence-electron chi connectivity index (χ0n) is 14.7. The average Bonchev–Trinajstić information content (AvgIpc) is 3.23. The predicted molar refractivity (Wildman–Crippen MR) is 95.3 cm³/mol. The number of nitrogens with zero attached hydrogens (tertiary/aromatic N) is 1. The number of H-pyrrole nitrogens is 1. The number of aliphatic carboxylic acids is 1. The number of aryl methyl sites for hydroxylation is 1. The van der Waals surface area contributed by atoms with E-state index in [1.807, 2.05) is 37.3 Å². The summed E-state index contributed by atoms with van der Waals surface area (Å²) in [5.41, 5.74) is 1.38. The van der Waals surface area contributed by atoms with Crippen molar-refractivity contribution in [1.82, 2.24) is 9.88 Å². The molecule has 0 unspecified atom stereocenters. The second kappa shape index (κ2) is 6.20. The number of likely N-dealkylation sites (tertiary alicyclic amines) is 1. The van der Waals surface area contributed by atoms with Gasteiger partial charge in [0, 0.05) is 24.7 Å². The molecule has 2 aromatic rings. The monoisotopic (exact) mass is 354 g/mol. The minimum atomic E-state index is -1.01. The molecule has 0 bridgehead atoms. The van der Waals surface area contributed by atoms with Crippen LogP contribution in [0.2, 0.25) is 0 Å². The summed E-state index contributed by atoms with van der Waals surface area (Å²) in [6, 6.07) is 11.2. The van der Waals surface area contributed by atoms with Gasteiger partial charge in [0.1, 0.15) is 11.4 Å². The fourth-order valence-corrected chi connectivity index (χ4v) is 4.12. The third-order valence-electron chi connectivity index (χ3n) is 5.68. The maximum atomic E-state index is 12.9. The summed E-state index contributed by atoms with van der Waals surface area (Å²) in [5.74, 6) is -0.500. The number of ether oxygens (including phenoxy) is 1. The minimum absolute atomic E-state index is 0.147. The van der Waals surface area contributed by atoms with Gasteiger partial charge in [-0.15, -0.1) is 0 Å². The second-order valence-electron chi connectivity index (χ2n) is 7.19. The van der Waals surface area contributed by atoms with Gasteiger partial charge < -0.3 is 19.7 Å². The van der Waals surface area contributed by atoms with E-state index < -0.39 is 11.4 Å². The molecule has 0 spiro atoms. The molecule has 1 amide bonds. The van der Waals surface area contributed by atoms with Crippen LogP contribution >= 0.6 is 0 Å². The van der Waals surface area contributed by atoms with E-state index in [2.05, 4.69) is 4.98 Å². The van der Waals surface area contributed by atoms with E-state index in [-0.39, 0.29) is 18.4 Å². The van der Waals surface area contributed by atoms with Crippen LogP contribution in [0.5, 0.6) is 5.75 Å². The average molecular weight is 354 g/mol. The summed E-state index contributed by atoms with van der Waals surface area (Å²) in [4.78, 5) is 29.9. The summed E-state index contributed by atoms with van der Waals surface area (Å²) >= 11 is 0. The number of aromatic amines is 1. The molecule has 1 aromatic heterocycles. The van der Waals surface area contributed by atoms with Crippen molar-refractivity contribution in [2.75, 3.05) is 19.7 Å². The number of carboxylic acid groups (broad SMARTS) is 1. The van der Waals surface area contributed by atoms with Crippen LogP contribution in [0.25, 0.3) is 0 Å². The van der Waals surface area contributed by atoms with Crippen LogP contribution in [0.1, 0.15) is 28.7 Å². The molecule has 2 aliphatic heterocycles. The van der Waals surface area contributed by atoms with Crippen LogP contribution in [0.15, 0.2) is 36.4 Å². The third kappa shape index (κ3) is 2.57. The third-order valence-corrected chi connectivity index (χ3v) is 5.68. The fraction of sp³-hybridized carbons (Fsp3) is 0.400. The van der Waals surface area contributed by atoms with Gasteiger partial charge in [0.05, 0.1) is 12.0 Å². The second-order valence-corrected chi connectivity index (χ2v) is 7.19. The summed E-state index contributed by atoms with van der Waals surface area (Å²) in [5, 5.41) is 10.1. The van der Waals surface area contributed by atoms with Crippen molar-refractivity contribution in [3.63, 3.8) is 0 Å². The lowest BCUT2D eigenvalue weighted by Crippen LogP contribution is -2.42. The lowest BCUT2D eigenvalue weighted by Gasteiger charge is -2.27. The standard InChI is InChI=1S/C20H22N2O4/c1-2-15-7-8-16(21-15)18(23)22-10-14-11-26-17-6-4-3-5-13(17)9-20(14,12-22)19(24)25/h3-8,14,21H,2,9-12H2,1H3,(H,24,25)/t14-,20+/m1/s1. The molecule has 1 aromatic carbocycles. The van der Waals surface area contributed by atoms with Crippen LogP contribution < -0.4 is 4.74 Å². The van der Waals surface area contributed by atoms with E-state index in [1.54, 1.807) is 11.0 Å². The molecule has 6 nitrogen and oxygen atoms in total. The Labute approximate surface area is 151 Å². The number of carboxylic acids is 1. The van der Waals surface area contributed by atoms with Crippen molar-refractivity contribution < 1.29 is 19.4 Å². The number of fused-ring (bicyclic) bond motifs is 2. The highest BCUT2D eigenvalue weighted by atomic mass is 16.5. The van der Waals surface area contributed by atoms with Gasteiger partial charge in [-0.25, -0.2) is 0 Å². The number of hydrogen-bond donors (Lipinski definition) is 2. The first-order chi connectivity index (χ1) is 12.5. The van der Waals surface area contributed by atoms with E-state index in [0.717, 1.165) is 23.4 Å². The molecule has 3 heterocycles. The Bertz CT molecular complexity index is 859. The zero-order chi connectivity index (χ0) is 18.3. The topological polar surface area (TPSA) is 82.6 Å². The molecule has 4 rings (SSSR count). The van der Waals surface area contributed by atoms with Crippen molar-refractivity contribution in [3.05, 3.63) is 53.3 Å². The first kappa shape index (κ1) is 16.7. The summed E-state index contributed by atoms with van der Waals surface area (Å²) in [7, 11) is 0. The van der Waals surface area contributed by atoms with Crippen LogP contribution in [0.4, 0.5) is 0 Å². The number of aromatic nitrogens is 1. The van der Waals surface area contributed by atoms with Crippen LogP contribution in [0, 0.1) is 11.3 Å². The van der Waals surface area contributed by atoms with Crippen LogP contribution in [0.3, 0.4) is 0 Å². The van der Waals surface area contributed by atoms with Gasteiger partial charge in [-0.3, -0.25) is 9.59 Å². The van der Waals surface area contributed by atoms with E-state index in [0.29, 0.717) is 25.3 Å². The molecule has 2 N–H and O–H groups in total. The molecule has 0 saturated carbocycles. The molecule has 1 fully saturated rings. The SMILES string of the molecule is CCc1ccc(C(=O)N2C[C@@H]3COc4ccccc4C[C@]3(C(=O)O)C2)[nH]1. The Kier molecular flexibility index (Phi) is 3.98. The number of para-hydroxylation sites is 1. The normalized spacial score (nSPS) is 24.3. The molecule has 26 heavy (non-hydrogen) atoms. The van der Waals surface area contributed by atoms with Crippen LogP contribution in [-0.2, 0) is 17.6 Å². The Hall–Kier alpha value is -2.76. The van der Waals surface area contributed by atoms with Crippen molar-refractivity contribution in [2.24, 2.45) is 11.3 Å². The van der Waals surface area contributed by atoms with Crippen molar-refractivity contribution >= 4 is 11.9 Å². The molecule has 6 heteroatoms. The smallest absolute Gasteiger partial charge is 0.312 e. The number of nitrogens with one attached hydrogen (secondary N) is 1.